The number of amides is 1. The first kappa shape index (κ1) is 12.8. The second-order valence-electron chi connectivity index (χ2n) is 3.91. The number of nitrogens with one attached hydrogen (secondary N) is 1. The molecule has 1 atom stereocenters. The molecule has 0 aliphatic rings. The molecule has 8 nitrogen and oxygen atoms in total. The van der Waals surface area contributed by atoms with Gasteiger partial charge >= 0.3 is 5.69 Å². The van der Waals surface area contributed by atoms with Gasteiger partial charge in [0, 0.05) is 0 Å². The van der Waals surface area contributed by atoms with Crippen LogP contribution in [-0.4, -0.2) is 20.6 Å². The number of aromatic nitrogens is 2. The van der Waals surface area contributed by atoms with Gasteiger partial charge in [0.25, 0.3) is 0 Å². The van der Waals surface area contributed by atoms with Gasteiger partial charge in [-0.2, -0.15) is 5.10 Å². The third-order valence-electron chi connectivity index (χ3n) is 2.59. The smallest absolute Gasteiger partial charge is 0.307 e. The van der Waals surface area contributed by atoms with Crippen molar-refractivity contribution in [2.75, 3.05) is 0 Å². The normalized spacial score (nSPS) is 12.1. The van der Waals surface area contributed by atoms with E-state index >= 15 is 0 Å². The van der Waals surface area contributed by atoms with Crippen molar-refractivity contribution in [3.63, 3.8) is 0 Å². The molecule has 0 aliphatic heterocycles. The molecule has 0 bridgehead atoms. The molecular formula is C11H12N4O4. The van der Waals surface area contributed by atoms with Crippen LogP contribution in [0.25, 0.3) is 0 Å². The Balaban J connectivity index is 1.96. The maximum atomic E-state index is 11.8. The fourth-order valence-electron chi connectivity index (χ4n) is 1.49. The minimum absolute atomic E-state index is 0.148. The van der Waals surface area contributed by atoms with Crippen molar-refractivity contribution >= 4 is 11.6 Å². The van der Waals surface area contributed by atoms with E-state index in [1.165, 1.54) is 17.1 Å². The first-order valence-electron chi connectivity index (χ1n) is 5.56. The lowest BCUT2D eigenvalue weighted by molar-refractivity contribution is -0.385. The summed E-state index contributed by atoms with van der Waals surface area (Å²) in [7, 11) is 0. The molecule has 0 saturated heterocycles. The van der Waals surface area contributed by atoms with Gasteiger partial charge in [-0.05, 0) is 19.1 Å². The zero-order valence-corrected chi connectivity index (χ0v) is 10.1. The number of nitro groups is 1. The number of nitrogens with zero attached hydrogens (tertiary/aromatic N) is 3. The van der Waals surface area contributed by atoms with E-state index in [0.29, 0.717) is 5.76 Å². The van der Waals surface area contributed by atoms with Crippen molar-refractivity contribution < 1.29 is 14.1 Å². The molecular weight excluding hydrogens is 252 g/mol. The summed E-state index contributed by atoms with van der Waals surface area (Å²) in [4.78, 5) is 21.8. The molecule has 0 aromatic carbocycles. The van der Waals surface area contributed by atoms with Crippen LogP contribution in [0.4, 0.5) is 5.69 Å². The van der Waals surface area contributed by atoms with Crippen LogP contribution in [0.2, 0.25) is 0 Å². The zero-order chi connectivity index (χ0) is 13.8. The van der Waals surface area contributed by atoms with E-state index in [0.717, 1.165) is 6.20 Å². The van der Waals surface area contributed by atoms with Gasteiger partial charge in [0.05, 0.1) is 17.7 Å². The highest BCUT2D eigenvalue weighted by Crippen LogP contribution is 2.13. The summed E-state index contributed by atoms with van der Waals surface area (Å²) < 4.78 is 6.32. The van der Waals surface area contributed by atoms with Gasteiger partial charge < -0.3 is 9.73 Å². The molecule has 2 heterocycles. The minimum Gasteiger partial charge on any atom is -0.467 e. The van der Waals surface area contributed by atoms with E-state index in [-0.39, 0.29) is 18.1 Å². The number of furan rings is 1. The van der Waals surface area contributed by atoms with Gasteiger partial charge in [-0.1, -0.05) is 0 Å². The third-order valence-corrected chi connectivity index (χ3v) is 2.59. The number of hydrogen-bond acceptors (Lipinski definition) is 5. The monoisotopic (exact) mass is 264 g/mol. The van der Waals surface area contributed by atoms with Crippen LogP contribution in [0.1, 0.15) is 18.7 Å². The molecule has 0 saturated carbocycles. The van der Waals surface area contributed by atoms with Gasteiger partial charge in [0.1, 0.15) is 24.2 Å². The average Bonchev–Trinajstić information content (AvgIpc) is 3.05. The maximum absolute atomic E-state index is 11.8. The second-order valence-corrected chi connectivity index (χ2v) is 3.91. The predicted molar refractivity (Wildman–Crippen MR) is 64.1 cm³/mol. The number of carbonyl (C=O) groups excluding carboxylic acids is 1. The molecule has 8 heteroatoms. The van der Waals surface area contributed by atoms with Crippen molar-refractivity contribution in [3.05, 3.63) is 46.7 Å². The van der Waals surface area contributed by atoms with E-state index in [1.54, 1.807) is 19.1 Å². The van der Waals surface area contributed by atoms with Gasteiger partial charge in [-0.25, -0.2) is 0 Å². The first-order valence-corrected chi connectivity index (χ1v) is 5.56. The number of carbonyl (C=O) groups is 1. The summed E-state index contributed by atoms with van der Waals surface area (Å²) in [5.74, 6) is 0.335. The highest BCUT2D eigenvalue weighted by Gasteiger charge is 2.18. The first-order chi connectivity index (χ1) is 9.08. The molecule has 0 spiro atoms. The van der Waals surface area contributed by atoms with Crippen molar-refractivity contribution in [2.24, 2.45) is 0 Å². The Hall–Kier alpha value is -2.64. The fraction of sp³-hybridized carbons (Fsp3) is 0.273. The Morgan fingerprint density at radius 3 is 3.05 bits per heavy atom. The Bertz CT molecular complexity index is 575. The lowest BCUT2D eigenvalue weighted by Crippen LogP contribution is -2.30. The van der Waals surface area contributed by atoms with Crippen molar-refractivity contribution in [1.29, 1.82) is 0 Å². The fourth-order valence-corrected chi connectivity index (χ4v) is 1.49. The van der Waals surface area contributed by atoms with Gasteiger partial charge in [0.15, 0.2) is 0 Å². The van der Waals surface area contributed by atoms with Gasteiger partial charge in [-0.3, -0.25) is 19.6 Å². The lowest BCUT2D eigenvalue weighted by Gasteiger charge is -2.11. The molecule has 0 fully saturated rings. The van der Waals surface area contributed by atoms with E-state index < -0.39 is 11.0 Å². The average molecular weight is 264 g/mol. The quantitative estimate of drug-likeness (QED) is 0.646. The van der Waals surface area contributed by atoms with Crippen molar-refractivity contribution in [2.45, 2.75) is 19.5 Å². The SMILES string of the molecule is C[C@@H](C(=O)NCc1ccco1)n1cc([N+](=O)[O-])cn1. The molecule has 0 radical (unpaired) electrons. The molecule has 0 unspecified atom stereocenters. The van der Waals surface area contributed by atoms with Crippen LogP contribution >= 0.6 is 0 Å². The Morgan fingerprint density at radius 2 is 2.47 bits per heavy atom. The second kappa shape index (κ2) is 5.34. The predicted octanol–water partition coefficient (Wildman–Crippen LogP) is 1.26. The van der Waals surface area contributed by atoms with Gasteiger partial charge in [0.2, 0.25) is 5.91 Å². The summed E-state index contributed by atoms with van der Waals surface area (Å²) in [5.41, 5.74) is -0.148. The molecule has 2 aromatic heterocycles. The van der Waals surface area contributed by atoms with Crippen LogP contribution in [0.3, 0.4) is 0 Å². The summed E-state index contributed by atoms with van der Waals surface area (Å²) in [5, 5.41) is 17.0. The molecule has 100 valence electrons. The summed E-state index contributed by atoms with van der Waals surface area (Å²) in [6, 6.07) is 2.83. The molecule has 1 amide bonds. The van der Waals surface area contributed by atoms with Crippen LogP contribution in [0, 0.1) is 10.1 Å². The lowest BCUT2D eigenvalue weighted by atomic mass is 10.3. The van der Waals surface area contributed by atoms with E-state index in [9.17, 15) is 14.9 Å². The van der Waals surface area contributed by atoms with Crippen LogP contribution in [-0.2, 0) is 11.3 Å². The maximum Gasteiger partial charge on any atom is 0.307 e. The topological polar surface area (TPSA) is 103 Å². The van der Waals surface area contributed by atoms with E-state index in [2.05, 4.69) is 10.4 Å². The molecule has 2 aromatic rings. The molecule has 1 N–H and O–H groups in total. The summed E-state index contributed by atoms with van der Waals surface area (Å²) in [6.45, 7) is 1.87. The van der Waals surface area contributed by atoms with Crippen LogP contribution < -0.4 is 5.32 Å². The van der Waals surface area contributed by atoms with Crippen molar-refractivity contribution in [3.8, 4) is 0 Å². The Morgan fingerprint density at radius 1 is 1.68 bits per heavy atom. The van der Waals surface area contributed by atoms with E-state index in [1.807, 2.05) is 0 Å². The van der Waals surface area contributed by atoms with Gasteiger partial charge in [-0.15, -0.1) is 0 Å². The van der Waals surface area contributed by atoms with Crippen molar-refractivity contribution in [1.82, 2.24) is 15.1 Å². The molecule has 19 heavy (non-hydrogen) atoms. The standard InChI is InChI=1S/C11H12N4O4/c1-8(14-7-9(5-13-14)15(17)18)11(16)12-6-10-3-2-4-19-10/h2-5,7-8H,6H2,1H3,(H,12,16)/t8-/m0/s1. The minimum atomic E-state index is -0.635. The zero-order valence-electron chi connectivity index (χ0n) is 10.1. The van der Waals surface area contributed by atoms with Crippen LogP contribution in [0.15, 0.2) is 35.2 Å². The van der Waals surface area contributed by atoms with E-state index in [4.69, 9.17) is 4.42 Å². The Labute approximate surface area is 108 Å². The molecule has 0 aliphatic carbocycles. The van der Waals surface area contributed by atoms with Crippen LogP contribution in [0.5, 0.6) is 0 Å². The highest BCUT2D eigenvalue weighted by molar-refractivity contribution is 5.79. The summed E-state index contributed by atoms with van der Waals surface area (Å²) in [6.07, 6.45) is 3.84. The summed E-state index contributed by atoms with van der Waals surface area (Å²) >= 11 is 0. The highest BCUT2D eigenvalue weighted by atomic mass is 16.6. The largest absolute Gasteiger partial charge is 0.467 e. The molecule has 2 rings (SSSR count). The Kier molecular flexibility index (Phi) is 3.60. The number of rotatable bonds is 5. The third kappa shape index (κ3) is 2.97. The number of hydrogen-bond donors (Lipinski definition) is 1.